The van der Waals surface area contributed by atoms with Crippen LogP contribution in [0.5, 0.6) is 5.75 Å². The summed E-state index contributed by atoms with van der Waals surface area (Å²) >= 11 is 1.61. The van der Waals surface area contributed by atoms with E-state index in [1.54, 1.807) is 26.0 Å². The van der Waals surface area contributed by atoms with Crippen LogP contribution >= 0.6 is 11.8 Å². The Labute approximate surface area is 162 Å². The zero-order chi connectivity index (χ0) is 19.2. The first kappa shape index (κ1) is 20.5. The molecule has 26 heavy (non-hydrogen) atoms. The van der Waals surface area contributed by atoms with Crippen molar-refractivity contribution in [3.8, 4) is 5.75 Å². The Balaban J connectivity index is 2.43. The lowest BCUT2D eigenvalue weighted by atomic mass is 10.1. The van der Waals surface area contributed by atoms with E-state index in [9.17, 15) is 4.21 Å². The molecule has 2 aromatic carbocycles. The number of hydrogen-bond acceptors (Lipinski definition) is 4. The highest BCUT2D eigenvalue weighted by Gasteiger charge is 2.26. The van der Waals surface area contributed by atoms with Gasteiger partial charge in [-0.15, -0.1) is 11.8 Å². The quantitative estimate of drug-likeness (QED) is 0.393. The minimum absolute atomic E-state index is 0.209. The van der Waals surface area contributed by atoms with Gasteiger partial charge in [0.2, 0.25) is 5.90 Å². The van der Waals surface area contributed by atoms with Gasteiger partial charge in [-0.25, -0.2) is 4.21 Å². The number of thioether (sulfide) groups is 1. The smallest absolute Gasteiger partial charge is 0.215 e. The van der Waals surface area contributed by atoms with Gasteiger partial charge in [0.15, 0.2) is 0 Å². The van der Waals surface area contributed by atoms with Gasteiger partial charge in [0.1, 0.15) is 22.0 Å². The van der Waals surface area contributed by atoms with Crippen LogP contribution in [0, 0.1) is 0 Å². The van der Waals surface area contributed by atoms with Crippen LogP contribution in [0.1, 0.15) is 31.6 Å². The molecule has 2 atom stereocenters. The molecule has 0 aliphatic carbocycles. The van der Waals surface area contributed by atoms with Gasteiger partial charge in [-0.2, -0.15) is 4.40 Å². The van der Waals surface area contributed by atoms with Gasteiger partial charge in [0.05, 0.1) is 19.0 Å². The maximum Gasteiger partial charge on any atom is 0.215 e. The maximum atomic E-state index is 12.5. The second kappa shape index (κ2) is 9.24. The average molecular weight is 392 g/mol. The van der Waals surface area contributed by atoms with Gasteiger partial charge >= 0.3 is 0 Å². The van der Waals surface area contributed by atoms with Crippen LogP contribution in [0.25, 0.3) is 0 Å². The highest BCUT2D eigenvalue weighted by molar-refractivity contribution is 8.00. The molecule has 2 rings (SSSR count). The predicted octanol–water partition coefficient (Wildman–Crippen LogP) is 5.04. The van der Waals surface area contributed by atoms with E-state index in [-0.39, 0.29) is 5.25 Å². The third-order valence-corrected chi connectivity index (χ3v) is 6.19. The molecule has 0 spiro atoms. The Morgan fingerprint density at radius 1 is 1.04 bits per heavy atom. The van der Waals surface area contributed by atoms with Crippen molar-refractivity contribution < 1.29 is 13.7 Å². The molecular weight excluding hydrogens is 366 g/mol. The minimum Gasteiger partial charge on any atom is -0.497 e. The summed E-state index contributed by atoms with van der Waals surface area (Å²) in [5.41, 5.74) is 1.01. The fraction of sp³-hybridized carbons (Fsp3) is 0.350. The highest BCUT2D eigenvalue weighted by atomic mass is 32.2. The number of rotatable bonds is 6. The van der Waals surface area contributed by atoms with Crippen molar-refractivity contribution in [1.29, 1.82) is 0 Å². The maximum absolute atomic E-state index is 12.5. The highest BCUT2D eigenvalue weighted by Crippen LogP contribution is 2.37. The lowest BCUT2D eigenvalue weighted by molar-refractivity contribution is 0.394. The third kappa shape index (κ3) is 5.61. The van der Waals surface area contributed by atoms with Crippen LogP contribution in [0.2, 0.25) is 0 Å². The third-order valence-electron chi connectivity index (χ3n) is 3.55. The molecule has 0 heterocycles. The Bertz CT molecular complexity index is 753. The molecule has 0 aliphatic heterocycles. The fourth-order valence-electron chi connectivity index (χ4n) is 2.09. The second-order valence-corrected chi connectivity index (χ2v) is 9.66. The molecule has 0 saturated carbocycles. The van der Waals surface area contributed by atoms with Crippen LogP contribution in [0.3, 0.4) is 0 Å². The zero-order valence-electron chi connectivity index (χ0n) is 15.8. The molecule has 140 valence electrons. The van der Waals surface area contributed by atoms with E-state index < -0.39 is 15.7 Å². The first-order chi connectivity index (χ1) is 12.3. The summed E-state index contributed by atoms with van der Waals surface area (Å²) in [5, 5.41) is -0.209. The van der Waals surface area contributed by atoms with Crippen molar-refractivity contribution >= 4 is 28.6 Å². The normalized spacial score (nSPS) is 14.6. The minimum atomic E-state index is -1.40. The van der Waals surface area contributed by atoms with Gasteiger partial charge in [-0.1, -0.05) is 30.3 Å². The van der Waals surface area contributed by atoms with Crippen molar-refractivity contribution in [1.82, 2.24) is 0 Å². The number of benzene rings is 2. The number of ether oxygens (including phenoxy) is 2. The number of methoxy groups -OCH3 is 2. The van der Waals surface area contributed by atoms with E-state index in [0.29, 0.717) is 5.90 Å². The topological polar surface area (TPSA) is 47.9 Å². The number of hydrogen-bond donors (Lipinski definition) is 0. The van der Waals surface area contributed by atoms with E-state index in [1.165, 1.54) is 0 Å². The molecule has 2 aromatic rings. The van der Waals surface area contributed by atoms with E-state index in [1.807, 2.05) is 75.4 Å². The van der Waals surface area contributed by atoms with Gasteiger partial charge in [-0.3, -0.25) is 0 Å². The molecule has 6 heteroatoms. The summed E-state index contributed by atoms with van der Waals surface area (Å²) in [4.78, 5) is 1.08. The van der Waals surface area contributed by atoms with Crippen LogP contribution < -0.4 is 4.74 Å². The van der Waals surface area contributed by atoms with Crippen molar-refractivity contribution in [2.45, 2.75) is 35.7 Å². The van der Waals surface area contributed by atoms with E-state index in [0.717, 1.165) is 16.2 Å². The molecule has 0 amide bonds. The largest absolute Gasteiger partial charge is 0.497 e. The van der Waals surface area contributed by atoms with E-state index in [2.05, 4.69) is 4.40 Å². The SMILES string of the molecule is CO/C(=N/[S@](=O)C(C)(C)C)[C@@H](Sc1ccccc1)c1ccc(OC)cc1. The second-order valence-electron chi connectivity index (χ2n) is 6.58. The fourth-order valence-corrected chi connectivity index (χ4v) is 3.90. The van der Waals surface area contributed by atoms with E-state index >= 15 is 0 Å². The molecule has 0 fully saturated rings. The molecular formula is C20H25NO3S2. The Morgan fingerprint density at radius 2 is 1.65 bits per heavy atom. The van der Waals surface area contributed by atoms with Gasteiger partial charge in [0.25, 0.3) is 0 Å². The lowest BCUT2D eigenvalue weighted by Gasteiger charge is -2.20. The Hall–Kier alpha value is -1.79. The standard InChI is InChI=1S/C20H25NO3S2/c1-20(2,3)26(22)21-19(24-5)18(25-17-9-7-6-8-10-17)15-11-13-16(23-4)14-12-15/h6-14,18H,1-5H3/b21-19+/t18-,26+/m0/s1. The Kier molecular flexibility index (Phi) is 7.29. The van der Waals surface area contributed by atoms with Crippen molar-refractivity contribution in [3.05, 3.63) is 60.2 Å². The molecule has 0 aliphatic rings. The first-order valence-electron chi connectivity index (χ1n) is 8.25. The van der Waals surface area contributed by atoms with Gasteiger partial charge < -0.3 is 9.47 Å². The van der Waals surface area contributed by atoms with Crippen LogP contribution in [0.4, 0.5) is 0 Å². The zero-order valence-corrected chi connectivity index (χ0v) is 17.4. The summed E-state index contributed by atoms with van der Waals surface area (Å²) in [6.07, 6.45) is 0. The molecule has 0 radical (unpaired) electrons. The summed E-state index contributed by atoms with van der Waals surface area (Å²) in [6, 6.07) is 17.8. The van der Waals surface area contributed by atoms with Gasteiger partial charge in [0, 0.05) is 4.90 Å². The summed E-state index contributed by atoms with van der Waals surface area (Å²) in [5.74, 6) is 1.23. The monoisotopic (exact) mass is 391 g/mol. The molecule has 0 bridgehead atoms. The summed E-state index contributed by atoms with van der Waals surface area (Å²) in [7, 11) is 1.81. The predicted molar refractivity (Wildman–Crippen MR) is 110 cm³/mol. The van der Waals surface area contributed by atoms with Crippen molar-refractivity contribution in [2.24, 2.45) is 4.40 Å². The average Bonchev–Trinajstić information content (AvgIpc) is 2.64. The van der Waals surface area contributed by atoms with Gasteiger partial charge in [-0.05, 0) is 50.6 Å². The molecule has 0 saturated heterocycles. The van der Waals surface area contributed by atoms with E-state index in [4.69, 9.17) is 9.47 Å². The molecule has 0 unspecified atom stereocenters. The molecule has 0 aromatic heterocycles. The van der Waals surface area contributed by atoms with Crippen molar-refractivity contribution in [3.63, 3.8) is 0 Å². The lowest BCUT2D eigenvalue weighted by Crippen LogP contribution is -2.23. The molecule has 0 N–H and O–H groups in total. The van der Waals surface area contributed by atoms with Crippen LogP contribution in [-0.4, -0.2) is 29.1 Å². The first-order valence-corrected chi connectivity index (χ1v) is 10.2. The van der Waals surface area contributed by atoms with Crippen LogP contribution in [0.15, 0.2) is 63.9 Å². The molecule has 4 nitrogen and oxygen atoms in total. The van der Waals surface area contributed by atoms with Crippen LogP contribution in [-0.2, 0) is 15.7 Å². The van der Waals surface area contributed by atoms with Crippen molar-refractivity contribution in [2.75, 3.05) is 14.2 Å². The number of nitrogens with zero attached hydrogens (tertiary/aromatic N) is 1. The Morgan fingerprint density at radius 3 is 2.15 bits per heavy atom. The summed E-state index contributed by atoms with van der Waals surface area (Å²) < 4.78 is 27.3. The summed E-state index contributed by atoms with van der Waals surface area (Å²) in [6.45, 7) is 5.69.